The van der Waals surface area contributed by atoms with E-state index in [9.17, 15) is 4.79 Å². The van der Waals surface area contributed by atoms with E-state index in [4.69, 9.17) is 19.2 Å². The van der Waals surface area contributed by atoms with Crippen LogP contribution in [0.15, 0.2) is 36.4 Å². The Labute approximate surface area is 204 Å². The van der Waals surface area contributed by atoms with Crippen LogP contribution in [-0.4, -0.2) is 69.4 Å². The molecule has 0 atom stereocenters. The number of amides is 1. The van der Waals surface area contributed by atoms with Crippen molar-refractivity contribution in [2.24, 2.45) is 0 Å². The third kappa shape index (κ3) is 5.95. The molecule has 1 amide bonds. The SMILES string of the molecule is CCc1ccc2nc(N(CCN3CCOCC3)C(=O)c3cc(OC)cc(OC)c3)sc2c1.Cl. The molecule has 0 spiro atoms. The van der Waals surface area contributed by atoms with Crippen molar-refractivity contribution in [2.75, 3.05) is 58.5 Å². The lowest BCUT2D eigenvalue weighted by Crippen LogP contribution is -2.43. The monoisotopic (exact) mass is 491 g/mol. The van der Waals surface area contributed by atoms with E-state index in [1.165, 1.54) is 5.56 Å². The van der Waals surface area contributed by atoms with Gasteiger partial charge in [0.1, 0.15) is 11.5 Å². The van der Waals surface area contributed by atoms with Crippen molar-refractivity contribution < 1.29 is 19.0 Å². The number of carbonyl (C=O) groups is 1. The fraction of sp³-hybridized carbons (Fsp3) is 0.417. The standard InChI is InChI=1S/C24H29N3O4S.ClH/c1-4-17-5-6-21-22(13-17)32-24(25-21)27(8-7-26-9-11-31-12-10-26)23(28)18-14-19(29-2)16-20(15-18)30-3;/h5-6,13-16H,4,7-12H2,1-3H3;1H. The van der Waals surface area contributed by atoms with Gasteiger partial charge in [-0.2, -0.15) is 0 Å². The largest absolute Gasteiger partial charge is 0.497 e. The summed E-state index contributed by atoms with van der Waals surface area (Å²) in [5, 5.41) is 0.702. The lowest BCUT2D eigenvalue weighted by Gasteiger charge is -2.29. The topological polar surface area (TPSA) is 64.1 Å². The summed E-state index contributed by atoms with van der Waals surface area (Å²) in [7, 11) is 3.16. The van der Waals surface area contributed by atoms with Crippen LogP contribution in [0.2, 0.25) is 0 Å². The molecule has 0 unspecified atom stereocenters. The number of fused-ring (bicyclic) bond motifs is 1. The second-order valence-corrected chi connectivity index (χ2v) is 8.67. The summed E-state index contributed by atoms with van der Waals surface area (Å²) in [5.41, 5.74) is 2.68. The number of morpholine rings is 1. The minimum absolute atomic E-state index is 0. The van der Waals surface area contributed by atoms with Crippen LogP contribution in [0.5, 0.6) is 11.5 Å². The van der Waals surface area contributed by atoms with Gasteiger partial charge in [0, 0.05) is 37.8 Å². The number of anilines is 1. The molecule has 1 aliphatic rings. The fourth-order valence-corrected chi connectivity index (χ4v) is 4.78. The third-order valence-corrected chi connectivity index (χ3v) is 6.71. The quantitative estimate of drug-likeness (QED) is 0.468. The number of nitrogens with zero attached hydrogens (tertiary/aromatic N) is 3. The highest BCUT2D eigenvalue weighted by molar-refractivity contribution is 7.22. The fourth-order valence-electron chi connectivity index (χ4n) is 3.73. The zero-order valence-corrected chi connectivity index (χ0v) is 20.8. The van der Waals surface area contributed by atoms with Gasteiger partial charge in [0.05, 0.1) is 37.6 Å². The van der Waals surface area contributed by atoms with Gasteiger partial charge in [0.15, 0.2) is 5.13 Å². The highest BCUT2D eigenvalue weighted by atomic mass is 35.5. The van der Waals surface area contributed by atoms with Crippen molar-refractivity contribution in [1.29, 1.82) is 0 Å². The Morgan fingerprint density at radius 1 is 1.12 bits per heavy atom. The summed E-state index contributed by atoms with van der Waals surface area (Å²) in [4.78, 5) is 22.6. The Kier molecular flexibility index (Phi) is 8.91. The minimum Gasteiger partial charge on any atom is -0.497 e. The van der Waals surface area contributed by atoms with Crippen molar-refractivity contribution in [3.8, 4) is 11.5 Å². The van der Waals surface area contributed by atoms with Gasteiger partial charge in [-0.05, 0) is 36.2 Å². The van der Waals surface area contributed by atoms with Gasteiger partial charge in [-0.3, -0.25) is 14.6 Å². The van der Waals surface area contributed by atoms with E-state index in [-0.39, 0.29) is 18.3 Å². The first-order valence-corrected chi connectivity index (χ1v) is 11.7. The van der Waals surface area contributed by atoms with Crippen molar-refractivity contribution in [1.82, 2.24) is 9.88 Å². The first kappa shape index (κ1) is 25.2. The van der Waals surface area contributed by atoms with Crippen LogP contribution in [0.4, 0.5) is 5.13 Å². The number of ether oxygens (including phenoxy) is 3. The molecule has 4 rings (SSSR count). The van der Waals surface area contributed by atoms with Crippen LogP contribution in [0.25, 0.3) is 10.2 Å². The average Bonchev–Trinajstić information content (AvgIpc) is 3.27. The number of benzene rings is 2. The molecule has 1 aromatic heterocycles. The molecule has 178 valence electrons. The van der Waals surface area contributed by atoms with Gasteiger partial charge in [-0.15, -0.1) is 12.4 Å². The van der Waals surface area contributed by atoms with Crippen LogP contribution in [0.3, 0.4) is 0 Å². The molecule has 0 radical (unpaired) electrons. The molecule has 7 nitrogen and oxygen atoms in total. The maximum Gasteiger partial charge on any atom is 0.260 e. The number of methoxy groups -OCH3 is 2. The number of thiazole rings is 1. The number of hydrogen-bond donors (Lipinski definition) is 0. The van der Waals surface area contributed by atoms with Crippen LogP contribution in [0.1, 0.15) is 22.8 Å². The summed E-state index contributed by atoms with van der Waals surface area (Å²) < 4.78 is 17.3. The van der Waals surface area contributed by atoms with E-state index in [0.29, 0.717) is 28.7 Å². The van der Waals surface area contributed by atoms with Crippen LogP contribution in [-0.2, 0) is 11.2 Å². The molecule has 1 saturated heterocycles. The van der Waals surface area contributed by atoms with Crippen molar-refractivity contribution in [3.05, 3.63) is 47.5 Å². The predicted octanol–water partition coefficient (Wildman–Crippen LogP) is 4.28. The Bertz CT molecular complexity index is 1060. The summed E-state index contributed by atoms with van der Waals surface area (Å²) in [6, 6.07) is 11.5. The van der Waals surface area contributed by atoms with Crippen molar-refractivity contribution in [3.63, 3.8) is 0 Å². The van der Waals surface area contributed by atoms with Gasteiger partial charge in [-0.1, -0.05) is 24.3 Å². The molecule has 2 heterocycles. The van der Waals surface area contributed by atoms with E-state index in [0.717, 1.165) is 49.5 Å². The molecule has 0 aliphatic carbocycles. The number of aromatic nitrogens is 1. The number of halogens is 1. The Balaban J connectivity index is 0.00000306. The van der Waals surface area contributed by atoms with Crippen molar-refractivity contribution in [2.45, 2.75) is 13.3 Å². The Morgan fingerprint density at radius 2 is 1.82 bits per heavy atom. The highest BCUT2D eigenvalue weighted by Gasteiger charge is 2.24. The van der Waals surface area contributed by atoms with Gasteiger partial charge < -0.3 is 14.2 Å². The van der Waals surface area contributed by atoms with E-state index in [1.807, 2.05) is 6.07 Å². The lowest BCUT2D eigenvalue weighted by molar-refractivity contribution is 0.0391. The van der Waals surface area contributed by atoms with Gasteiger partial charge in [0.25, 0.3) is 5.91 Å². The molecule has 9 heteroatoms. The highest BCUT2D eigenvalue weighted by Crippen LogP contribution is 2.32. The van der Waals surface area contributed by atoms with Gasteiger partial charge >= 0.3 is 0 Å². The summed E-state index contributed by atoms with van der Waals surface area (Å²) >= 11 is 1.55. The Morgan fingerprint density at radius 3 is 2.45 bits per heavy atom. The number of aryl methyl sites for hydroxylation is 1. The maximum atomic E-state index is 13.7. The first-order chi connectivity index (χ1) is 15.6. The van der Waals surface area contributed by atoms with Gasteiger partial charge in [0.2, 0.25) is 0 Å². The zero-order valence-electron chi connectivity index (χ0n) is 19.2. The summed E-state index contributed by atoms with van der Waals surface area (Å²) in [6.45, 7) is 6.62. The maximum absolute atomic E-state index is 13.7. The molecule has 1 aliphatic heterocycles. The molecule has 1 fully saturated rings. The van der Waals surface area contributed by atoms with E-state index < -0.39 is 0 Å². The minimum atomic E-state index is -0.120. The zero-order chi connectivity index (χ0) is 22.5. The molecule has 0 N–H and O–H groups in total. The average molecular weight is 492 g/mol. The molecule has 3 aromatic rings. The van der Waals surface area contributed by atoms with E-state index in [2.05, 4.69) is 24.0 Å². The van der Waals surface area contributed by atoms with Crippen LogP contribution in [0, 0.1) is 0 Å². The van der Waals surface area contributed by atoms with E-state index in [1.54, 1.807) is 48.7 Å². The number of rotatable bonds is 8. The lowest BCUT2D eigenvalue weighted by atomic mass is 10.1. The van der Waals surface area contributed by atoms with Crippen LogP contribution < -0.4 is 14.4 Å². The molecular weight excluding hydrogens is 462 g/mol. The summed E-state index contributed by atoms with van der Waals surface area (Å²) in [5.74, 6) is 1.04. The summed E-state index contributed by atoms with van der Waals surface area (Å²) in [6.07, 6.45) is 0.965. The second-order valence-electron chi connectivity index (χ2n) is 7.66. The van der Waals surface area contributed by atoms with Crippen LogP contribution >= 0.6 is 23.7 Å². The third-order valence-electron chi connectivity index (χ3n) is 5.67. The first-order valence-electron chi connectivity index (χ1n) is 10.9. The molecular formula is C24H30ClN3O4S. The smallest absolute Gasteiger partial charge is 0.260 e. The molecule has 0 saturated carbocycles. The number of hydrogen-bond acceptors (Lipinski definition) is 7. The van der Waals surface area contributed by atoms with Gasteiger partial charge in [-0.25, -0.2) is 4.98 Å². The molecule has 33 heavy (non-hydrogen) atoms. The molecule has 0 bridgehead atoms. The normalized spacial score (nSPS) is 14.0. The molecule has 2 aromatic carbocycles. The Hall–Kier alpha value is -2.39. The predicted molar refractivity (Wildman–Crippen MR) is 135 cm³/mol. The van der Waals surface area contributed by atoms with Crippen molar-refractivity contribution >= 4 is 45.0 Å². The number of carbonyl (C=O) groups excluding carboxylic acids is 1. The second kappa shape index (κ2) is 11.7. The van der Waals surface area contributed by atoms with E-state index >= 15 is 0 Å².